The molecule has 6 heteroatoms. The third-order valence-electron chi connectivity index (χ3n) is 5.73. The monoisotopic (exact) mass is 388 g/mol. The van der Waals surface area contributed by atoms with Gasteiger partial charge in [0.2, 0.25) is 0 Å². The molecule has 1 fully saturated rings. The number of aromatic amines is 1. The minimum Gasteiger partial charge on any atom is -0.356 e. The van der Waals surface area contributed by atoms with Gasteiger partial charge in [-0.1, -0.05) is 19.9 Å². The summed E-state index contributed by atoms with van der Waals surface area (Å²) in [5.41, 5.74) is 4.03. The maximum absolute atomic E-state index is 9.11. The molecule has 2 N–H and O–H groups in total. The highest BCUT2D eigenvalue weighted by molar-refractivity contribution is 5.75. The maximum atomic E-state index is 9.11. The van der Waals surface area contributed by atoms with Crippen LogP contribution in [-0.4, -0.2) is 34.1 Å². The molecule has 1 aromatic carbocycles. The number of piperidine rings is 1. The maximum Gasteiger partial charge on any atom is 0.129 e. The molecular formula is C23H28N6. The number of hydrogen-bond acceptors (Lipinski definition) is 5. The Kier molecular flexibility index (Phi) is 5.50. The Labute approximate surface area is 172 Å². The predicted octanol–water partition coefficient (Wildman–Crippen LogP) is 4.09. The van der Waals surface area contributed by atoms with Gasteiger partial charge >= 0.3 is 0 Å². The van der Waals surface area contributed by atoms with E-state index in [2.05, 4.69) is 65.2 Å². The number of aryl methyl sites for hydroxylation is 1. The van der Waals surface area contributed by atoms with Gasteiger partial charge in [-0.2, -0.15) is 5.26 Å². The zero-order valence-electron chi connectivity index (χ0n) is 17.3. The highest BCUT2D eigenvalue weighted by Crippen LogP contribution is 2.26. The molecule has 3 heterocycles. The molecule has 0 radical (unpaired) electrons. The first-order valence-corrected chi connectivity index (χ1v) is 10.4. The van der Waals surface area contributed by atoms with Gasteiger partial charge in [0, 0.05) is 25.3 Å². The van der Waals surface area contributed by atoms with Crippen molar-refractivity contribution < 1.29 is 0 Å². The minimum atomic E-state index is 0.194. The van der Waals surface area contributed by atoms with E-state index in [4.69, 9.17) is 10.2 Å². The number of nitrogens with one attached hydrogen (secondary N) is 2. The molecule has 1 saturated heterocycles. The number of rotatable bonds is 5. The van der Waals surface area contributed by atoms with Crippen molar-refractivity contribution in [1.29, 1.82) is 5.26 Å². The van der Waals surface area contributed by atoms with E-state index >= 15 is 0 Å². The molecule has 0 spiro atoms. The summed E-state index contributed by atoms with van der Waals surface area (Å²) in [5, 5.41) is 13.0. The van der Waals surface area contributed by atoms with Crippen molar-refractivity contribution in [1.82, 2.24) is 20.3 Å². The second-order valence-corrected chi connectivity index (χ2v) is 8.31. The quantitative estimate of drug-likeness (QED) is 0.688. The fourth-order valence-corrected chi connectivity index (χ4v) is 4.07. The van der Waals surface area contributed by atoms with Crippen LogP contribution < -0.4 is 10.2 Å². The number of fused-ring (bicyclic) bond motifs is 1. The predicted molar refractivity (Wildman–Crippen MR) is 116 cm³/mol. The van der Waals surface area contributed by atoms with Crippen molar-refractivity contribution in [3.05, 3.63) is 53.5 Å². The van der Waals surface area contributed by atoms with E-state index in [1.165, 1.54) is 5.56 Å². The van der Waals surface area contributed by atoms with E-state index < -0.39 is 0 Å². The van der Waals surface area contributed by atoms with Gasteiger partial charge in [0.05, 0.1) is 28.7 Å². The van der Waals surface area contributed by atoms with Crippen molar-refractivity contribution >= 4 is 16.9 Å². The van der Waals surface area contributed by atoms with Gasteiger partial charge in [0.25, 0.3) is 0 Å². The fourth-order valence-electron chi connectivity index (χ4n) is 4.07. The van der Waals surface area contributed by atoms with Crippen molar-refractivity contribution in [3.63, 3.8) is 0 Å². The van der Waals surface area contributed by atoms with Crippen molar-refractivity contribution in [3.8, 4) is 6.07 Å². The van der Waals surface area contributed by atoms with Crippen molar-refractivity contribution in [2.24, 2.45) is 5.92 Å². The normalized spacial score (nSPS) is 16.3. The van der Waals surface area contributed by atoms with E-state index in [1.54, 1.807) is 12.3 Å². The summed E-state index contributed by atoms with van der Waals surface area (Å²) in [6.45, 7) is 8.45. The molecule has 0 saturated carbocycles. The average Bonchev–Trinajstić information content (AvgIpc) is 3.15. The number of H-pyrrole nitrogens is 1. The summed E-state index contributed by atoms with van der Waals surface area (Å²) in [6.07, 6.45) is 3.80. The van der Waals surface area contributed by atoms with E-state index in [0.717, 1.165) is 48.6 Å². The standard InChI is InChI=1S/C23H28N6/c1-15(2)22(23-27-19-5-4-16(3)12-20(19)28-23)26-18-7-10-29(11-8-18)21-13-17(14-24)6-9-25-21/h4-6,9,12-13,15,18,22,26H,7-8,10-11H2,1-3H3,(H,27,28). The molecular weight excluding hydrogens is 360 g/mol. The molecule has 3 aromatic rings. The minimum absolute atomic E-state index is 0.194. The lowest BCUT2D eigenvalue weighted by Crippen LogP contribution is -2.45. The summed E-state index contributed by atoms with van der Waals surface area (Å²) in [7, 11) is 0. The van der Waals surface area contributed by atoms with Crippen LogP contribution in [-0.2, 0) is 0 Å². The van der Waals surface area contributed by atoms with Gasteiger partial charge in [0.1, 0.15) is 11.6 Å². The Morgan fingerprint density at radius 3 is 2.72 bits per heavy atom. The molecule has 0 bridgehead atoms. The lowest BCUT2D eigenvalue weighted by Gasteiger charge is -2.35. The summed E-state index contributed by atoms with van der Waals surface area (Å²) >= 11 is 0. The molecule has 1 aliphatic heterocycles. The Morgan fingerprint density at radius 1 is 1.21 bits per heavy atom. The summed E-state index contributed by atoms with van der Waals surface area (Å²) in [6, 6.07) is 12.8. The average molecular weight is 389 g/mol. The Morgan fingerprint density at radius 2 is 2.00 bits per heavy atom. The molecule has 0 aliphatic carbocycles. The van der Waals surface area contributed by atoms with Gasteiger partial charge in [-0.3, -0.25) is 0 Å². The first-order chi connectivity index (χ1) is 14.0. The highest BCUT2D eigenvalue weighted by atomic mass is 15.2. The number of benzene rings is 1. The summed E-state index contributed by atoms with van der Waals surface area (Å²) in [4.78, 5) is 15.1. The molecule has 150 valence electrons. The summed E-state index contributed by atoms with van der Waals surface area (Å²) in [5.74, 6) is 2.35. The van der Waals surface area contributed by atoms with Gasteiger partial charge in [-0.15, -0.1) is 0 Å². The Bertz CT molecular complexity index is 1020. The van der Waals surface area contributed by atoms with Crippen LogP contribution >= 0.6 is 0 Å². The largest absolute Gasteiger partial charge is 0.356 e. The number of nitrogens with zero attached hydrogens (tertiary/aromatic N) is 4. The van der Waals surface area contributed by atoms with E-state index in [9.17, 15) is 0 Å². The Balaban J connectivity index is 1.44. The van der Waals surface area contributed by atoms with E-state index in [0.29, 0.717) is 17.5 Å². The topological polar surface area (TPSA) is 80.6 Å². The van der Waals surface area contributed by atoms with Crippen LogP contribution in [0.4, 0.5) is 5.82 Å². The molecule has 1 atom stereocenters. The molecule has 29 heavy (non-hydrogen) atoms. The number of aromatic nitrogens is 3. The van der Waals surface area contributed by atoms with Gasteiger partial charge in [-0.25, -0.2) is 9.97 Å². The second-order valence-electron chi connectivity index (χ2n) is 8.31. The van der Waals surface area contributed by atoms with Crippen LogP contribution in [0.15, 0.2) is 36.5 Å². The molecule has 1 unspecified atom stereocenters. The zero-order valence-corrected chi connectivity index (χ0v) is 17.3. The van der Waals surface area contributed by atoms with Gasteiger partial charge in [-0.05, 0) is 55.5 Å². The Hall–Kier alpha value is -2.91. The number of imidazole rings is 1. The van der Waals surface area contributed by atoms with Crippen LogP contribution in [0.2, 0.25) is 0 Å². The number of hydrogen-bond donors (Lipinski definition) is 2. The van der Waals surface area contributed by atoms with Crippen molar-refractivity contribution in [2.45, 2.75) is 45.7 Å². The van der Waals surface area contributed by atoms with Crippen LogP contribution in [0.3, 0.4) is 0 Å². The third kappa shape index (κ3) is 4.25. The molecule has 1 aliphatic rings. The molecule has 2 aromatic heterocycles. The van der Waals surface area contributed by atoms with E-state index in [-0.39, 0.29) is 6.04 Å². The second kappa shape index (κ2) is 8.22. The zero-order chi connectivity index (χ0) is 20.4. The molecule has 4 rings (SSSR count). The highest BCUT2D eigenvalue weighted by Gasteiger charge is 2.26. The van der Waals surface area contributed by atoms with Crippen LogP contribution in [0.5, 0.6) is 0 Å². The van der Waals surface area contributed by atoms with Crippen molar-refractivity contribution in [2.75, 3.05) is 18.0 Å². The van der Waals surface area contributed by atoms with Crippen LogP contribution in [0.1, 0.15) is 49.7 Å². The fraction of sp³-hybridized carbons (Fsp3) is 0.435. The molecule has 6 nitrogen and oxygen atoms in total. The number of pyridine rings is 1. The first-order valence-electron chi connectivity index (χ1n) is 10.4. The number of anilines is 1. The first kappa shape index (κ1) is 19.4. The van der Waals surface area contributed by atoms with E-state index in [1.807, 2.05) is 6.07 Å². The van der Waals surface area contributed by atoms with Gasteiger partial charge in [0.15, 0.2) is 0 Å². The van der Waals surface area contributed by atoms with Crippen LogP contribution in [0, 0.1) is 24.2 Å². The SMILES string of the molecule is Cc1ccc2nc(C(NC3CCN(c4cc(C#N)ccn4)CC3)C(C)C)[nH]c2c1. The lowest BCUT2D eigenvalue weighted by atomic mass is 9.98. The third-order valence-corrected chi connectivity index (χ3v) is 5.73. The smallest absolute Gasteiger partial charge is 0.129 e. The van der Waals surface area contributed by atoms with Crippen LogP contribution in [0.25, 0.3) is 11.0 Å². The lowest BCUT2D eigenvalue weighted by molar-refractivity contribution is 0.312. The number of nitriles is 1. The summed E-state index contributed by atoms with van der Waals surface area (Å²) < 4.78 is 0. The molecule has 0 amide bonds. The van der Waals surface area contributed by atoms with Gasteiger partial charge < -0.3 is 15.2 Å².